The Hall–Kier alpha value is -3.82. The summed E-state index contributed by atoms with van der Waals surface area (Å²) in [4.78, 5) is 38.4. The summed E-state index contributed by atoms with van der Waals surface area (Å²) in [6.45, 7) is 5.47. The number of likely N-dealkylation sites (N-methyl/N-ethyl adjacent to an activating group) is 1. The third kappa shape index (κ3) is 6.31. The summed E-state index contributed by atoms with van der Waals surface area (Å²) < 4.78 is 6.56. The molecule has 0 bridgehead atoms. The normalized spacial score (nSPS) is 18.4. The van der Waals surface area contributed by atoms with Gasteiger partial charge < -0.3 is 20.1 Å². The second-order valence-corrected chi connectivity index (χ2v) is 9.53. The Morgan fingerprint density at radius 2 is 2.00 bits per heavy atom. The Balaban J connectivity index is 1.67. The van der Waals surface area contributed by atoms with Crippen LogP contribution in [-0.2, 0) is 6.54 Å². The summed E-state index contributed by atoms with van der Waals surface area (Å²) in [6, 6.07) is 14.9. The minimum atomic E-state index is -0.453. The van der Waals surface area contributed by atoms with E-state index in [1.807, 2.05) is 39.1 Å². The zero-order valence-electron chi connectivity index (χ0n) is 21.4. The van der Waals surface area contributed by atoms with Crippen LogP contribution in [0, 0.1) is 5.92 Å². The van der Waals surface area contributed by atoms with E-state index in [-0.39, 0.29) is 36.3 Å². The lowest BCUT2D eigenvalue weighted by Gasteiger charge is -2.38. The molecule has 9 nitrogen and oxygen atoms in total. The SMILES string of the molecule is C[C@@H]1CN([C@H](C)CO)C(=O)c2cccc(NC(=O)c3cnccn3)c2O[C@H]1CN(C)Cc1ccccc1. The van der Waals surface area contributed by atoms with E-state index in [1.165, 1.54) is 24.2 Å². The third-order valence-electron chi connectivity index (χ3n) is 6.52. The zero-order chi connectivity index (χ0) is 26.4. The molecule has 3 atom stereocenters. The molecule has 0 spiro atoms. The highest BCUT2D eigenvalue weighted by atomic mass is 16.5. The van der Waals surface area contributed by atoms with Crippen LogP contribution >= 0.6 is 0 Å². The second-order valence-electron chi connectivity index (χ2n) is 9.53. The molecule has 0 aliphatic carbocycles. The highest BCUT2D eigenvalue weighted by Crippen LogP contribution is 2.35. The number of benzene rings is 2. The summed E-state index contributed by atoms with van der Waals surface area (Å²) >= 11 is 0. The molecule has 2 amide bonds. The van der Waals surface area contributed by atoms with E-state index in [0.717, 1.165) is 6.54 Å². The molecule has 1 aromatic heterocycles. The van der Waals surface area contributed by atoms with Gasteiger partial charge in [-0.25, -0.2) is 4.98 Å². The highest BCUT2D eigenvalue weighted by molar-refractivity contribution is 6.06. The van der Waals surface area contributed by atoms with Gasteiger partial charge in [0.05, 0.1) is 30.1 Å². The molecule has 2 N–H and O–H groups in total. The van der Waals surface area contributed by atoms with Gasteiger partial charge in [0, 0.05) is 37.9 Å². The molecule has 194 valence electrons. The maximum Gasteiger partial charge on any atom is 0.275 e. The highest BCUT2D eigenvalue weighted by Gasteiger charge is 2.34. The van der Waals surface area contributed by atoms with Gasteiger partial charge in [-0.2, -0.15) is 0 Å². The Morgan fingerprint density at radius 3 is 2.70 bits per heavy atom. The van der Waals surface area contributed by atoms with E-state index in [9.17, 15) is 14.7 Å². The number of carbonyl (C=O) groups excluding carboxylic acids is 2. The number of ether oxygens (including phenoxy) is 1. The van der Waals surface area contributed by atoms with Crippen LogP contribution in [-0.4, -0.2) is 75.6 Å². The van der Waals surface area contributed by atoms with Gasteiger partial charge in [0.15, 0.2) is 5.75 Å². The number of nitrogens with zero attached hydrogens (tertiary/aromatic N) is 4. The molecule has 0 fully saturated rings. The standard InChI is InChI=1S/C28H33N5O4/c1-19-15-33(20(2)18-34)28(36)22-10-7-11-23(31-27(35)24-14-29-12-13-30-24)26(22)37-25(19)17-32(3)16-21-8-5-4-6-9-21/h4-14,19-20,25,34H,15-18H2,1-3H3,(H,31,35)/t19-,20-,25+/m1/s1. The lowest BCUT2D eigenvalue weighted by molar-refractivity contribution is 0.0343. The molecule has 2 heterocycles. The van der Waals surface area contributed by atoms with Crippen molar-refractivity contribution in [1.29, 1.82) is 0 Å². The van der Waals surface area contributed by atoms with E-state index < -0.39 is 5.91 Å². The number of para-hydroxylation sites is 1. The second kappa shape index (κ2) is 11.9. The quantitative estimate of drug-likeness (QED) is 0.486. The van der Waals surface area contributed by atoms with Gasteiger partial charge in [0.25, 0.3) is 11.8 Å². The largest absolute Gasteiger partial charge is 0.486 e. The van der Waals surface area contributed by atoms with Gasteiger partial charge in [-0.3, -0.25) is 19.5 Å². The Bertz CT molecular complexity index is 1210. The molecule has 1 aliphatic rings. The average molecular weight is 504 g/mol. The molecule has 0 radical (unpaired) electrons. The lowest BCUT2D eigenvalue weighted by atomic mass is 9.98. The Morgan fingerprint density at radius 1 is 1.22 bits per heavy atom. The Kier molecular flexibility index (Phi) is 8.47. The first-order chi connectivity index (χ1) is 17.9. The van der Waals surface area contributed by atoms with Crippen LogP contribution in [0.15, 0.2) is 67.1 Å². The van der Waals surface area contributed by atoms with Crippen molar-refractivity contribution >= 4 is 17.5 Å². The first kappa shape index (κ1) is 26.2. The van der Waals surface area contributed by atoms with Crippen molar-refractivity contribution in [3.63, 3.8) is 0 Å². The number of aliphatic hydroxyl groups is 1. The summed E-state index contributed by atoms with van der Waals surface area (Å²) in [5, 5.41) is 12.7. The zero-order valence-corrected chi connectivity index (χ0v) is 21.4. The van der Waals surface area contributed by atoms with Crippen molar-refractivity contribution < 1.29 is 19.4 Å². The van der Waals surface area contributed by atoms with E-state index >= 15 is 0 Å². The van der Waals surface area contributed by atoms with Crippen LogP contribution < -0.4 is 10.1 Å². The van der Waals surface area contributed by atoms with E-state index in [4.69, 9.17) is 4.74 Å². The molecule has 9 heteroatoms. The molecule has 0 saturated heterocycles. The number of carbonyl (C=O) groups is 2. The number of fused-ring (bicyclic) bond motifs is 1. The maximum atomic E-state index is 13.6. The molecule has 3 aromatic rings. The fourth-order valence-corrected chi connectivity index (χ4v) is 4.43. The summed E-state index contributed by atoms with van der Waals surface area (Å²) in [7, 11) is 2.03. The predicted molar refractivity (Wildman–Crippen MR) is 140 cm³/mol. The minimum absolute atomic E-state index is 0.0481. The molecule has 1 aliphatic heterocycles. The smallest absolute Gasteiger partial charge is 0.275 e. The van der Waals surface area contributed by atoms with Gasteiger partial charge >= 0.3 is 0 Å². The van der Waals surface area contributed by atoms with Crippen molar-refractivity contribution in [1.82, 2.24) is 19.8 Å². The van der Waals surface area contributed by atoms with E-state index in [2.05, 4.69) is 32.3 Å². The molecule has 37 heavy (non-hydrogen) atoms. The molecule has 2 aromatic carbocycles. The summed E-state index contributed by atoms with van der Waals surface area (Å²) in [5.41, 5.74) is 2.05. The van der Waals surface area contributed by atoms with Gasteiger partial charge in [0.1, 0.15) is 11.8 Å². The fourth-order valence-electron chi connectivity index (χ4n) is 4.43. The first-order valence-corrected chi connectivity index (χ1v) is 12.4. The number of aromatic nitrogens is 2. The van der Waals surface area contributed by atoms with E-state index in [0.29, 0.717) is 30.1 Å². The minimum Gasteiger partial charge on any atom is -0.486 e. The Labute approximate surface area is 217 Å². The van der Waals surface area contributed by atoms with Crippen LogP contribution in [0.4, 0.5) is 5.69 Å². The first-order valence-electron chi connectivity index (χ1n) is 12.4. The van der Waals surface area contributed by atoms with Crippen LogP contribution in [0.25, 0.3) is 0 Å². The molecule has 4 rings (SSSR count). The number of amides is 2. The van der Waals surface area contributed by atoms with Crippen molar-refractivity contribution in [2.24, 2.45) is 5.92 Å². The van der Waals surface area contributed by atoms with Gasteiger partial charge in [-0.1, -0.05) is 43.3 Å². The van der Waals surface area contributed by atoms with Gasteiger partial charge in [-0.05, 0) is 31.7 Å². The van der Waals surface area contributed by atoms with Crippen LogP contribution in [0.3, 0.4) is 0 Å². The number of rotatable bonds is 8. The van der Waals surface area contributed by atoms with Crippen molar-refractivity contribution in [2.45, 2.75) is 32.5 Å². The number of hydrogen-bond acceptors (Lipinski definition) is 7. The number of nitrogens with one attached hydrogen (secondary N) is 1. The van der Waals surface area contributed by atoms with Crippen LogP contribution in [0.1, 0.15) is 40.3 Å². The number of hydrogen-bond donors (Lipinski definition) is 2. The summed E-state index contributed by atoms with van der Waals surface area (Å²) in [5.74, 6) is -0.446. The lowest BCUT2D eigenvalue weighted by Crippen LogP contribution is -2.49. The fraction of sp³-hybridized carbons (Fsp3) is 0.357. The van der Waals surface area contributed by atoms with E-state index in [1.54, 1.807) is 23.1 Å². The number of aliphatic hydroxyl groups excluding tert-OH is 1. The summed E-state index contributed by atoms with van der Waals surface area (Å²) in [6.07, 6.45) is 4.02. The monoisotopic (exact) mass is 503 g/mol. The average Bonchev–Trinajstić information content (AvgIpc) is 2.91. The van der Waals surface area contributed by atoms with Gasteiger partial charge in [-0.15, -0.1) is 0 Å². The van der Waals surface area contributed by atoms with Gasteiger partial charge in [0.2, 0.25) is 0 Å². The molecule has 0 saturated carbocycles. The molecule has 0 unspecified atom stereocenters. The number of anilines is 1. The van der Waals surface area contributed by atoms with Crippen molar-refractivity contribution in [3.05, 3.63) is 83.9 Å². The van der Waals surface area contributed by atoms with Crippen LogP contribution in [0.5, 0.6) is 5.75 Å². The van der Waals surface area contributed by atoms with Crippen molar-refractivity contribution in [3.8, 4) is 5.75 Å². The molecular formula is C28H33N5O4. The van der Waals surface area contributed by atoms with Crippen LogP contribution in [0.2, 0.25) is 0 Å². The van der Waals surface area contributed by atoms with Crippen molar-refractivity contribution in [2.75, 3.05) is 32.1 Å². The maximum absolute atomic E-state index is 13.6. The molecular weight excluding hydrogens is 470 g/mol. The third-order valence-corrected chi connectivity index (χ3v) is 6.52. The predicted octanol–water partition coefficient (Wildman–Crippen LogP) is 3.08. The topological polar surface area (TPSA) is 108 Å².